The Labute approximate surface area is 116 Å². The van der Waals surface area contributed by atoms with Crippen molar-refractivity contribution in [2.45, 2.75) is 37.8 Å². The highest BCUT2D eigenvalue weighted by molar-refractivity contribution is 5.73. The van der Waals surface area contributed by atoms with Gasteiger partial charge in [-0.25, -0.2) is 4.79 Å². The number of hydrogen-bond donors (Lipinski definition) is 1. The van der Waals surface area contributed by atoms with Gasteiger partial charge in [-0.3, -0.25) is 0 Å². The fourth-order valence-corrected chi connectivity index (χ4v) is 3.16. The van der Waals surface area contributed by atoms with Crippen LogP contribution in [-0.2, 0) is 0 Å². The van der Waals surface area contributed by atoms with Crippen molar-refractivity contribution in [1.82, 2.24) is 20.0 Å². The van der Waals surface area contributed by atoms with E-state index in [1.807, 2.05) is 19.0 Å². The first-order valence-corrected chi connectivity index (χ1v) is 7.47. The minimum atomic E-state index is 0.149. The number of piperidine rings is 2. The smallest absolute Gasteiger partial charge is 0.319 e. The van der Waals surface area contributed by atoms with E-state index in [4.69, 9.17) is 0 Å². The molecule has 0 spiro atoms. The van der Waals surface area contributed by atoms with E-state index in [1.54, 1.807) is 4.90 Å². The van der Waals surface area contributed by atoms with E-state index in [2.05, 4.69) is 17.3 Å². The third kappa shape index (κ3) is 4.08. The summed E-state index contributed by atoms with van der Waals surface area (Å²) >= 11 is 0. The Morgan fingerprint density at radius 1 is 1.11 bits per heavy atom. The van der Waals surface area contributed by atoms with Gasteiger partial charge in [0.2, 0.25) is 0 Å². The van der Waals surface area contributed by atoms with Crippen molar-refractivity contribution in [2.24, 2.45) is 0 Å². The van der Waals surface area contributed by atoms with Crippen LogP contribution in [0.1, 0.15) is 25.7 Å². The number of urea groups is 1. The summed E-state index contributed by atoms with van der Waals surface area (Å²) in [6.45, 7) is 4.17. The molecule has 2 amide bonds. The number of nitrogens with one attached hydrogen (secondary N) is 1. The van der Waals surface area contributed by atoms with Crippen LogP contribution in [0.2, 0.25) is 0 Å². The summed E-state index contributed by atoms with van der Waals surface area (Å²) in [4.78, 5) is 17.9. The average Bonchev–Trinajstić information content (AvgIpc) is 2.39. The average molecular weight is 268 g/mol. The van der Waals surface area contributed by atoms with E-state index in [9.17, 15) is 4.79 Å². The molecule has 110 valence electrons. The summed E-state index contributed by atoms with van der Waals surface area (Å²) in [6, 6.07) is 1.37. The van der Waals surface area contributed by atoms with Gasteiger partial charge in [0, 0.05) is 45.8 Å². The minimum Gasteiger partial charge on any atom is -0.331 e. The molecule has 2 fully saturated rings. The van der Waals surface area contributed by atoms with Gasteiger partial charge in [-0.2, -0.15) is 0 Å². The van der Waals surface area contributed by atoms with Gasteiger partial charge in [0.1, 0.15) is 0 Å². The highest BCUT2D eigenvalue weighted by atomic mass is 16.2. The molecule has 0 radical (unpaired) electrons. The van der Waals surface area contributed by atoms with E-state index in [1.165, 1.54) is 19.4 Å². The van der Waals surface area contributed by atoms with Crippen molar-refractivity contribution in [3.8, 4) is 0 Å². The van der Waals surface area contributed by atoms with Crippen LogP contribution in [0.25, 0.3) is 0 Å². The molecular weight excluding hydrogens is 240 g/mol. The maximum atomic E-state index is 11.9. The van der Waals surface area contributed by atoms with Crippen LogP contribution in [0.4, 0.5) is 4.79 Å². The number of nitrogens with zero attached hydrogens (tertiary/aromatic N) is 3. The van der Waals surface area contributed by atoms with Gasteiger partial charge >= 0.3 is 6.03 Å². The summed E-state index contributed by atoms with van der Waals surface area (Å²) < 4.78 is 0. The van der Waals surface area contributed by atoms with E-state index in [0.29, 0.717) is 12.1 Å². The first kappa shape index (κ1) is 14.6. The topological polar surface area (TPSA) is 38.8 Å². The molecule has 0 aromatic heterocycles. The molecule has 2 saturated heterocycles. The van der Waals surface area contributed by atoms with Crippen LogP contribution < -0.4 is 5.32 Å². The third-order valence-electron chi connectivity index (χ3n) is 4.24. The van der Waals surface area contributed by atoms with Gasteiger partial charge in [0.15, 0.2) is 0 Å². The molecule has 2 rings (SSSR count). The van der Waals surface area contributed by atoms with Crippen molar-refractivity contribution in [2.75, 3.05) is 47.3 Å². The van der Waals surface area contributed by atoms with Gasteiger partial charge in [0.05, 0.1) is 0 Å². The quantitative estimate of drug-likeness (QED) is 0.806. The third-order valence-corrected chi connectivity index (χ3v) is 4.24. The molecule has 1 unspecified atom stereocenters. The monoisotopic (exact) mass is 268 g/mol. The number of hydrogen-bond acceptors (Lipinski definition) is 3. The van der Waals surface area contributed by atoms with E-state index < -0.39 is 0 Å². The maximum absolute atomic E-state index is 11.9. The predicted octanol–water partition coefficient (Wildman–Crippen LogP) is 0.816. The Hall–Kier alpha value is -0.810. The first-order valence-electron chi connectivity index (χ1n) is 7.47. The number of carbonyl (C=O) groups excluding carboxylic acids is 1. The second-order valence-electron chi connectivity index (χ2n) is 6.21. The zero-order chi connectivity index (χ0) is 13.8. The number of carbonyl (C=O) groups is 1. The molecule has 0 aliphatic carbocycles. The Balaban J connectivity index is 1.72. The normalized spacial score (nSPS) is 26.5. The Morgan fingerprint density at radius 2 is 1.79 bits per heavy atom. The standard InChI is InChI=1S/C14H28N4O/c1-16(2)14(19)18-9-6-12(7-10-18)15-13-5-4-8-17(3)11-13/h12-13,15H,4-11H2,1-3H3. The van der Waals surface area contributed by atoms with Gasteiger partial charge in [-0.15, -0.1) is 0 Å². The van der Waals surface area contributed by atoms with Crippen LogP contribution in [0, 0.1) is 0 Å². The second-order valence-corrected chi connectivity index (χ2v) is 6.21. The largest absolute Gasteiger partial charge is 0.331 e. The highest BCUT2D eigenvalue weighted by Crippen LogP contribution is 2.15. The molecule has 2 aliphatic heterocycles. The van der Waals surface area contributed by atoms with Gasteiger partial charge in [-0.1, -0.05) is 0 Å². The molecule has 0 bridgehead atoms. The molecule has 2 heterocycles. The second kappa shape index (κ2) is 6.57. The zero-order valence-electron chi connectivity index (χ0n) is 12.6. The molecule has 1 N–H and O–H groups in total. The first-order chi connectivity index (χ1) is 9.06. The summed E-state index contributed by atoms with van der Waals surface area (Å²) in [5.74, 6) is 0. The summed E-state index contributed by atoms with van der Waals surface area (Å²) in [5, 5.41) is 3.78. The number of likely N-dealkylation sites (N-methyl/N-ethyl adjacent to an activating group) is 1. The van der Waals surface area contributed by atoms with Crippen LogP contribution in [0.5, 0.6) is 0 Å². The molecule has 0 aromatic carbocycles. The lowest BCUT2D eigenvalue weighted by atomic mass is 10.0. The van der Waals surface area contributed by atoms with Crippen molar-refractivity contribution in [1.29, 1.82) is 0 Å². The van der Waals surface area contributed by atoms with Crippen molar-refractivity contribution >= 4 is 6.03 Å². The van der Waals surface area contributed by atoms with Crippen LogP contribution in [0.3, 0.4) is 0 Å². The summed E-state index contributed by atoms with van der Waals surface area (Å²) in [6.07, 6.45) is 4.76. The fourth-order valence-electron chi connectivity index (χ4n) is 3.16. The molecule has 5 heteroatoms. The molecule has 19 heavy (non-hydrogen) atoms. The molecule has 0 saturated carbocycles. The minimum absolute atomic E-state index is 0.149. The fraction of sp³-hybridized carbons (Fsp3) is 0.929. The molecular formula is C14H28N4O. The van der Waals surface area contributed by atoms with Gasteiger partial charge < -0.3 is 20.0 Å². The van der Waals surface area contributed by atoms with Crippen molar-refractivity contribution < 1.29 is 4.79 Å². The highest BCUT2D eigenvalue weighted by Gasteiger charge is 2.26. The molecule has 0 aromatic rings. The van der Waals surface area contributed by atoms with Gasteiger partial charge in [0.25, 0.3) is 0 Å². The lowest BCUT2D eigenvalue weighted by Gasteiger charge is -2.38. The summed E-state index contributed by atoms with van der Waals surface area (Å²) in [5.41, 5.74) is 0. The van der Waals surface area contributed by atoms with Crippen LogP contribution in [-0.4, -0.2) is 80.1 Å². The maximum Gasteiger partial charge on any atom is 0.319 e. The SMILES string of the molecule is CN1CCCC(NC2CCN(C(=O)N(C)C)CC2)C1. The van der Waals surface area contributed by atoms with Crippen molar-refractivity contribution in [3.63, 3.8) is 0 Å². The number of likely N-dealkylation sites (tertiary alicyclic amines) is 2. The lowest BCUT2D eigenvalue weighted by molar-refractivity contribution is 0.144. The number of rotatable bonds is 2. The lowest BCUT2D eigenvalue weighted by Crippen LogP contribution is -2.53. The Kier molecular flexibility index (Phi) is 5.05. The van der Waals surface area contributed by atoms with Crippen LogP contribution in [0.15, 0.2) is 0 Å². The van der Waals surface area contributed by atoms with E-state index in [-0.39, 0.29) is 6.03 Å². The molecule has 1 atom stereocenters. The molecule has 2 aliphatic rings. The van der Waals surface area contributed by atoms with Crippen molar-refractivity contribution in [3.05, 3.63) is 0 Å². The Bertz CT molecular complexity index is 300. The zero-order valence-corrected chi connectivity index (χ0v) is 12.6. The summed E-state index contributed by atoms with van der Waals surface area (Å²) in [7, 11) is 5.85. The number of amides is 2. The van der Waals surface area contributed by atoms with Crippen LogP contribution >= 0.6 is 0 Å². The predicted molar refractivity (Wildman–Crippen MR) is 77.3 cm³/mol. The van der Waals surface area contributed by atoms with Gasteiger partial charge in [-0.05, 0) is 39.3 Å². The Morgan fingerprint density at radius 3 is 2.37 bits per heavy atom. The van der Waals surface area contributed by atoms with E-state index >= 15 is 0 Å². The van der Waals surface area contributed by atoms with E-state index in [0.717, 1.165) is 32.5 Å². The molecule has 5 nitrogen and oxygen atoms in total.